The lowest BCUT2D eigenvalue weighted by molar-refractivity contribution is 0.0694. The first-order valence-electron chi connectivity index (χ1n) is 5.58. The molecule has 17 heavy (non-hydrogen) atoms. The first-order chi connectivity index (χ1) is 7.99. The monoisotopic (exact) mass is 236 g/mol. The molecule has 1 aromatic rings. The second kappa shape index (κ2) is 5.48. The Morgan fingerprint density at radius 1 is 1.18 bits per heavy atom. The fraction of sp³-hybridized carbons (Fsp3) is 0.385. The zero-order chi connectivity index (χ0) is 13.0. The van der Waals surface area contributed by atoms with Gasteiger partial charge in [0.05, 0.1) is 11.1 Å². The summed E-state index contributed by atoms with van der Waals surface area (Å²) in [6, 6.07) is 4.38. The van der Waals surface area contributed by atoms with E-state index in [0.29, 0.717) is 5.56 Å². The zero-order valence-electron chi connectivity index (χ0n) is 9.93. The Labute approximate surface area is 99.9 Å². The van der Waals surface area contributed by atoms with Crippen molar-refractivity contribution in [3.8, 4) is 0 Å². The van der Waals surface area contributed by atoms with Gasteiger partial charge in [0, 0.05) is 0 Å². The Kier molecular flexibility index (Phi) is 4.26. The topological polar surface area (TPSA) is 74.6 Å². The van der Waals surface area contributed by atoms with E-state index >= 15 is 0 Å². The molecule has 1 aromatic carbocycles. The smallest absolute Gasteiger partial charge is 0.335 e. The summed E-state index contributed by atoms with van der Waals surface area (Å²) < 4.78 is 0. The van der Waals surface area contributed by atoms with Gasteiger partial charge < -0.3 is 10.2 Å². The molecular weight excluding hydrogens is 220 g/mol. The molecule has 0 heterocycles. The fourth-order valence-corrected chi connectivity index (χ4v) is 2.05. The first-order valence-corrected chi connectivity index (χ1v) is 5.58. The van der Waals surface area contributed by atoms with E-state index in [-0.39, 0.29) is 17.0 Å². The Bertz CT molecular complexity index is 405. The summed E-state index contributed by atoms with van der Waals surface area (Å²) >= 11 is 0. The van der Waals surface area contributed by atoms with E-state index < -0.39 is 11.9 Å². The van der Waals surface area contributed by atoms with Crippen LogP contribution < -0.4 is 0 Å². The van der Waals surface area contributed by atoms with Crippen LogP contribution in [-0.2, 0) is 0 Å². The first kappa shape index (κ1) is 13.2. The molecular formula is C13H16O4. The molecule has 4 heteroatoms. The molecule has 0 aliphatic rings. The van der Waals surface area contributed by atoms with Crippen LogP contribution in [0.3, 0.4) is 0 Å². The van der Waals surface area contributed by atoms with Crippen LogP contribution in [-0.4, -0.2) is 22.2 Å². The van der Waals surface area contributed by atoms with Gasteiger partial charge in [0.1, 0.15) is 0 Å². The van der Waals surface area contributed by atoms with Gasteiger partial charge in [0.15, 0.2) is 0 Å². The number of carboxylic acid groups (broad SMARTS) is 2. The molecule has 1 unspecified atom stereocenters. The maximum atomic E-state index is 11.1. The normalized spacial score (nSPS) is 12.1. The molecule has 0 aliphatic heterocycles. The van der Waals surface area contributed by atoms with Gasteiger partial charge in [0.2, 0.25) is 0 Å². The summed E-state index contributed by atoms with van der Waals surface area (Å²) in [6.45, 7) is 3.85. The fourth-order valence-electron chi connectivity index (χ4n) is 2.05. The summed E-state index contributed by atoms with van der Waals surface area (Å²) in [5, 5.41) is 18.2. The summed E-state index contributed by atoms with van der Waals surface area (Å²) in [7, 11) is 0. The molecule has 0 radical (unpaired) electrons. The maximum absolute atomic E-state index is 11.1. The third-order valence-electron chi connectivity index (χ3n) is 2.78. The van der Waals surface area contributed by atoms with Crippen molar-refractivity contribution in [1.29, 1.82) is 0 Å². The molecule has 0 amide bonds. The SMILES string of the molecule is CCCC(C)c1c(C(=O)O)cccc1C(=O)O. The molecule has 4 nitrogen and oxygen atoms in total. The van der Waals surface area contributed by atoms with Gasteiger partial charge in [-0.15, -0.1) is 0 Å². The quantitative estimate of drug-likeness (QED) is 0.824. The van der Waals surface area contributed by atoms with Gasteiger partial charge in [-0.3, -0.25) is 0 Å². The zero-order valence-corrected chi connectivity index (χ0v) is 9.93. The number of hydrogen-bond donors (Lipinski definition) is 2. The average Bonchev–Trinajstić information content (AvgIpc) is 2.28. The Balaban J connectivity index is 3.38. The second-order valence-electron chi connectivity index (χ2n) is 4.07. The van der Waals surface area contributed by atoms with Gasteiger partial charge >= 0.3 is 11.9 Å². The summed E-state index contributed by atoms with van der Waals surface area (Å²) in [6.07, 6.45) is 1.65. The minimum Gasteiger partial charge on any atom is -0.478 e. The van der Waals surface area contributed by atoms with Crippen LogP contribution in [0.5, 0.6) is 0 Å². The molecule has 0 saturated carbocycles. The van der Waals surface area contributed by atoms with E-state index in [0.717, 1.165) is 12.8 Å². The molecule has 2 N–H and O–H groups in total. The van der Waals surface area contributed by atoms with Gasteiger partial charge in [-0.25, -0.2) is 9.59 Å². The molecule has 92 valence electrons. The lowest BCUT2D eigenvalue weighted by atomic mass is 9.88. The summed E-state index contributed by atoms with van der Waals surface area (Å²) in [5.74, 6) is -2.23. The number of carboxylic acids is 2. The second-order valence-corrected chi connectivity index (χ2v) is 4.07. The minimum absolute atomic E-state index is 0.0709. The Hall–Kier alpha value is -1.84. The van der Waals surface area contributed by atoms with E-state index in [2.05, 4.69) is 0 Å². The van der Waals surface area contributed by atoms with Crippen molar-refractivity contribution in [2.24, 2.45) is 0 Å². The molecule has 0 fully saturated rings. The largest absolute Gasteiger partial charge is 0.478 e. The Morgan fingerprint density at radius 2 is 1.65 bits per heavy atom. The number of carbonyl (C=O) groups is 2. The van der Waals surface area contributed by atoms with Crippen molar-refractivity contribution in [1.82, 2.24) is 0 Å². The highest BCUT2D eigenvalue weighted by atomic mass is 16.4. The number of rotatable bonds is 5. The van der Waals surface area contributed by atoms with Crippen LogP contribution in [0, 0.1) is 0 Å². The van der Waals surface area contributed by atoms with Gasteiger partial charge in [-0.05, 0) is 30.0 Å². The Morgan fingerprint density at radius 3 is 2.00 bits per heavy atom. The van der Waals surface area contributed by atoms with Crippen LogP contribution in [0.1, 0.15) is 58.9 Å². The van der Waals surface area contributed by atoms with E-state index in [4.69, 9.17) is 10.2 Å². The van der Waals surface area contributed by atoms with E-state index in [1.165, 1.54) is 18.2 Å². The predicted molar refractivity (Wildman–Crippen MR) is 63.7 cm³/mol. The van der Waals surface area contributed by atoms with Crippen LogP contribution in [0.2, 0.25) is 0 Å². The molecule has 0 bridgehead atoms. The minimum atomic E-state index is -1.08. The molecule has 0 saturated heterocycles. The highest BCUT2D eigenvalue weighted by molar-refractivity contribution is 5.96. The molecule has 0 aromatic heterocycles. The van der Waals surface area contributed by atoms with Gasteiger partial charge in [-0.2, -0.15) is 0 Å². The lowest BCUT2D eigenvalue weighted by Crippen LogP contribution is -2.12. The van der Waals surface area contributed by atoms with Crippen molar-refractivity contribution in [3.05, 3.63) is 34.9 Å². The number of benzene rings is 1. The summed E-state index contributed by atoms with van der Waals surface area (Å²) in [5.41, 5.74) is 0.603. The average molecular weight is 236 g/mol. The number of hydrogen-bond acceptors (Lipinski definition) is 2. The highest BCUT2D eigenvalue weighted by Gasteiger charge is 2.21. The standard InChI is InChI=1S/C13H16O4/c1-3-5-8(2)11-9(12(14)15)6-4-7-10(11)13(16)17/h4,6-8H,3,5H2,1-2H3,(H,14,15)(H,16,17). The van der Waals surface area contributed by atoms with Crippen molar-refractivity contribution in [3.63, 3.8) is 0 Å². The molecule has 0 aliphatic carbocycles. The van der Waals surface area contributed by atoms with E-state index in [1.807, 2.05) is 13.8 Å². The predicted octanol–water partition coefficient (Wildman–Crippen LogP) is 2.99. The van der Waals surface area contributed by atoms with Gasteiger partial charge in [-0.1, -0.05) is 26.3 Å². The van der Waals surface area contributed by atoms with Crippen molar-refractivity contribution >= 4 is 11.9 Å². The lowest BCUT2D eigenvalue weighted by Gasteiger charge is -2.16. The third kappa shape index (κ3) is 2.84. The van der Waals surface area contributed by atoms with Gasteiger partial charge in [0.25, 0.3) is 0 Å². The van der Waals surface area contributed by atoms with E-state index in [9.17, 15) is 9.59 Å². The van der Waals surface area contributed by atoms with Crippen LogP contribution in [0.4, 0.5) is 0 Å². The van der Waals surface area contributed by atoms with Crippen molar-refractivity contribution < 1.29 is 19.8 Å². The number of aromatic carboxylic acids is 2. The molecule has 1 rings (SSSR count). The molecule has 1 atom stereocenters. The van der Waals surface area contributed by atoms with Crippen LogP contribution in [0.15, 0.2) is 18.2 Å². The maximum Gasteiger partial charge on any atom is 0.335 e. The van der Waals surface area contributed by atoms with Crippen molar-refractivity contribution in [2.45, 2.75) is 32.6 Å². The third-order valence-corrected chi connectivity index (χ3v) is 2.78. The van der Waals surface area contributed by atoms with E-state index in [1.54, 1.807) is 0 Å². The molecule has 0 spiro atoms. The van der Waals surface area contributed by atoms with Crippen molar-refractivity contribution in [2.75, 3.05) is 0 Å². The highest BCUT2D eigenvalue weighted by Crippen LogP contribution is 2.28. The van der Waals surface area contributed by atoms with Crippen LogP contribution >= 0.6 is 0 Å². The van der Waals surface area contributed by atoms with Crippen LogP contribution in [0.25, 0.3) is 0 Å². The summed E-state index contributed by atoms with van der Waals surface area (Å²) in [4.78, 5) is 22.2.